The molecule has 1 N–H and O–H groups in total. The van der Waals surface area contributed by atoms with Crippen LogP contribution in [0.3, 0.4) is 0 Å². The van der Waals surface area contributed by atoms with E-state index in [0.717, 1.165) is 17.7 Å². The maximum atomic E-state index is 13.2. The molecule has 2 heteroatoms. The maximum absolute atomic E-state index is 13.2. The fraction of sp³-hybridized carbons (Fsp3) is 0.333. The van der Waals surface area contributed by atoms with Crippen LogP contribution < -0.4 is 5.32 Å². The molecule has 0 aliphatic rings. The van der Waals surface area contributed by atoms with Gasteiger partial charge in [-0.1, -0.05) is 38.1 Å². The summed E-state index contributed by atoms with van der Waals surface area (Å²) in [6.45, 7) is 6.47. The lowest BCUT2D eigenvalue weighted by molar-refractivity contribution is 0.623. The number of benzene rings is 2. The molecule has 0 heterocycles. The molecule has 106 valence electrons. The van der Waals surface area contributed by atoms with E-state index in [9.17, 15) is 4.39 Å². The SMILES string of the molecule is CCC(C)c1ccc(NC(C)c2cccc(F)c2)cc1. The van der Waals surface area contributed by atoms with Crippen LogP contribution in [0.25, 0.3) is 0 Å². The fourth-order valence-electron chi connectivity index (χ4n) is 2.25. The molecule has 2 atom stereocenters. The Bertz CT molecular complexity index is 548. The van der Waals surface area contributed by atoms with Gasteiger partial charge >= 0.3 is 0 Å². The van der Waals surface area contributed by atoms with Gasteiger partial charge in [0.1, 0.15) is 5.82 Å². The standard InChI is InChI=1S/C18H22FN/c1-4-13(2)15-8-10-18(11-9-15)20-14(3)16-6-5-7-17(19)12-16/h5-14,20H,4H2,1-3H3. The van der Waals surface area contributed by atoms with Crippen molar-refractivity contribution in [2.45, 2.75) is 39.2 Å². The number of hydrogen-bond acceptors (Lipinski definition) is 1. The Hall–Kier alpha value is -1.83. The third kappa shape index (κ3) is 3.60. The molecule has 2 unspecified atom stereocenters. The minimum absolute atomic E-state index is 0.0835. The van der Waals surface area contributed by atoms with Gasteiger partial charge in [0.05, 0.1) is 0 Å². The summed E-state index contributed by atoms with van der Waals surface area (Å²) in [4.78, 5) is 0. The lowest BCUT2D eigenvalue weighted by atomic mass is 9.98. The van der Waals surface area contributed by atoms with Gasteiger partial charge < -0.3 is 5.32 Å². The smallest absolute Gasteiger partial charge is 0.123 e. The van der Waals surface area contributed by atoms with Crippen molar-refractivity contribution >= 4 is 5.69 Å². The Balaban J connectivity index is 2.06. The molecule has 2 rings (SSSR count). The summed E-state index contributed by atoms with van der Waals surface area (Å²) in [5, 5.41) is 3.40. The number of rotatable bonds is 5. The third-order valence-corrected chi connectivity index (χ3v) is 3.82. The predicted molar refractivity (Wildman–Crippen MR) is 83.6 cm³/mol. The van der Waals surface area contributed by atoms with Gasteiger partial charge in [-0.15, -0.1) is 0 Å². The van der Waals surface area contributed by atoms with Crippen LogP contribution in [0.5, 0.6) is 0 Å². The van der Waals surface area contributed by atoms with E-state index in [-0.39, 0.29) is 11.9 Å². The zero-order valence-electron chi connectivity index (χ0n) is 12.4. The molecule has 0 aliphatic heterocycles. The highest BCUT2D eigenvalue weighted by Crippen LogP contribution is 2.23. The molecule has 2 aromatic carbocycles. The van der Waals surface area contributed by atoms with Gasteiger partial charge in [0.15, 0.2) is 0 Å². The topological polar surface area (TPSA) is 12.0 Å². The van der Waals surface area contributed by atoms with Crippen molar-refractivity contribution in [1.82, 2.24) is 0 Å². The van der Waals surface area contributed by atoms with E-state index in [1.807, 2.05) is 13.0 Å². The van der Waals surface area contributed by atoms with E-state index in [4.69, 9.17) is 0 Å². The Morgan fingerprint density at radius 3 is 2.30 bits per heavy atom. The molecule has 20 heavy (non-hydrogen) atoms. The van der Waals surface area contributed by atoms with E-state index in [1.165, 1.54) is 11.6 Å². The summed E-state index contributed by atoms with van der Waals surface area (Å²) in [5.41, 5.74) is 3.38. The van der Waals surface area contributed by atoms with Crippen molar-refractivity contribution in [3.05, 3.63) is 65.5 Å². The molecular weight excluding hydrogens is 249 g/mol. The Morgan fingerprint density at radius 1 is 1.00 bits per heavy atom. The van der Waals surface area contributed by atoms with Crippen LogP contribution >= 0.6 is 0 Å². The fourth-order valence-corrected chi connectivity index (χ4v) is 2.25. The lowest BCUT2D eigenvalue weighted by Crippen LogP contribution is -2.06. The first-order valence-corrected chi connectivity index (χ1v) is 7.22. The third-order valence-electron chi connectivity index (χ3n) is 3.82. The van der Waals surface area contributed by atoms with Crippen molar-refractivity contribution < 1.29 is 4.39 Å². The number of halogens is 1. The molecule has 0 saturated heterocycles. The Labute approximate surface area is 120 Å². The van der Waals surface area contributed by atoms with Gasteiger partial charge in [-0.3, -0.25) is 0 Å². The highest BCUT2D eigenvalue weighted by molar-refractivity contribution is 5.47. The van der Waals surface area contributed by atoms with Crippen LogP contribution in [0.2, 0.25) is 0 Å². The lowest BCUT2D eigenvalue weighted by Gasteiger charge is -2.17. The molecular formula is C18H22FN. The van der Waals surface area contributed by atoms with Crippen LogP contribution in [0.4, 0.5) is 10.1 Å². The first-order chi connectivity index (χ1) is 9.60. The Morgan fingerprint density at radius 2 is 1.70 bits per heavy atom. The normalized spacial score (nSPS) is 13.8. The van der Waals surface area contributed by atoms with Crippen LogP contribution in [-0.2, 0) is 0 Å². The van der Waals surface area contributed by atoms with E-state index in [2.05, 4.69) is 43.4 Å². The molecule has 2 aromatic rings. The monoisotopic (exact) mass is 271 g/mol. The second-order valence-corrected chi connectivity index (χ2v) is 5.35. The van der Waals surface area contributed by atoms with Crippen LogP contribution in [-0.4, -0.2) is 0 Å². The number of hydrogen-bond donors (Lipinski definition) is 1. The average Bonchev–Trinajstić information content (AvgIpc) is 2.47. The molecule has 0 amide bonds. The minimum atomic E-state index is -0.191. The second kappa shape index (κ2) is 6.56. The molecule has 0 radical (unpaired) electrons. The summed E-state index contributed by atoms with van der Waals surface area (Å²) < 4.78 is 13.2. The molecule has 0 saturated carbocycles. The highest BCUT2D eigenvalue weighted by atomic mass is 19.1. The van der Waals surface area contributed by atoms with Gasteiger partial charge in [0.2, 0.25) is 0 Å². The second-order valence-electron chi connectivity index (χ2n) is 5.35. The summed E-state index contributed by atoms with van der Waals surface area (Å²) in [6.07, 6.45) is 1.15. The number of anilines is 1. The van der Waals surface area contributed by atoms with Gasteiger partial charge in [-0.25, -0.2) is 4.39 Å². The molecule has 0 fully saturated rings. The summed E-state index contributed by atoms with van der Waals surface area (Å²) in [5.74, 6) is 0.396. The molecule has 1 nitrogen and oxygen atoms in total. The molecule has 0 spiro atoms. The van der Waals surface area contributed by atoms with E-state index >= 15 is 0 Å². The minimum Gasteiger partial charge on any atom is -0.379 e. The van der Waals surface area contributed by atoms with E-state index < -0.39 is 0 Å². The van der Waals surface area contributed by atoms with E-state index in [1.54, 1.807) is 12.1 Å². The number of nitrogens with one attached hydrogen (secondary N) is 1. The average molecular weight is 271 g/mol. The predicted octanol–water partition coefficient (Wildman–Crippen LogP) is 5.51. The maximum Gasteiger partial charge on any atom is 0.123 e. The van der Waals surface area contributed by atoms with Crippen molar-refractivity contribution in [1.29, 1.82) is 0 Å². The van der Waals surface area contributed by atoms with Crippen molar-refractivity contribution in [2.75, 3.05) is 5.32 Å². The summed E-state index contributed by atoms with van der Waals surface area (Å²) >= 11 is 0. The molecule has 0 bridgehead atoms. The first kappa shape index (κ1) is 14.6. The van der Waals surface area contributed by atoms with Crippen LogP contribution in [0.15, 0.2) is 48.5 Å². The van der Waals surface area contributed by atoms with Gasteiger partial charge in [-0.2, -0.15) is 0 Å². The van der Waals surface area contributed by atoms with Crippen molar-refractivity contribution in [2.24, 2.45) is 0 Å². The van der Waals surface area contributed by atoms with E-state index in [0.29, 0.717) is 5.92 Å². The Kier molecular flexibility index (Phi) is 4.78. The highest BCUT2D eigenvalue weighted by Gasteiger charge is 2.07. The van der Waals surface area contributed by atoms with Crippen molar-refractivity contribution in [3.8, 4) is 0 Å². The molecule has 0 aromatic heterocycles. The van der Waals surface area contributed by atoms with Gasteiger partial charge in [0, 0.05) is 11.7 Å². The largest absolute Gasteiger partial charge is 0.379 e. The zero-order chi connectivity index (χ0) is 14.5. The quantitative estimate of drug-likeness (QED) is 0.755. The van der Waals surface area contributed by atoms with Gasteiger partial charge in [0.25, 0.3) is 0 Å². The molecule has 0 aliphatic carbocycles. The van der Waals surface area contributed by atoms with Crippen LogP contribution in [0, 0.1) is 5.82 Å². The summed E-state index contributed by atoms with van der Waals surface area (Å²) in [7, 11) is 0. The van der Waals surface area contributed by atoms with Crippen LogP contribution in [0.1, 0.15) is 50.3 Å². The summed E-state index contributed by atoms with van der Waals surface area (Å²) in [6, 6.07) is 15.3. The van der Waals surface area contributed by atoms with Crippen molar-refractivity contribution in [3.63, 3.8) is 0 Å². The zero-order valence-corrected chi connectivity index (χ0v) is 12.4. The first-order valence-electron chi connectivity index (χ1n) is 7.22. The van der Waals surface area contributed by atoms with Gasteiger partial charge in [-0.05, 0) is 54.7 Å².